The molecule has 4 aromatic carbocycles. The smallest absolute Gasteiger partial charge is 0.307 e. The summed E-state index contributed by atoms with van der Waals surface area (Å²) < 4.78 is 0. The van der Waals surface area contributed by atoms with Crippen LogP contribution in [0.25, 0.3) is 21.5 Å². The third-order valence-corrected chi connectivity index (χ3v) is 6.69. The van der Waals surface area contributed by atoms with E-state index in [9.17, 15) is 9.90 Å². The van der Waals surface area contributed by atoms with Crippen LogP contribution in [0.1, 0.15) is 34.4 Å². The number of aliphatic carboxylic acids is 1. The average molecular weight is 350 g/mol. The van der Waals surface area contributed by atoms with Crippen molar-refractivity contribution in [1.29, 1.82) is 0 Å². The molecule has 6 rings (SSSR count). The monoisotopic (exact) mass is 350 g/mol. The molecule has 2 aliphatic carbocycles. The molecule has 27 heavy (non-hydrogen) atoms. The molecule has 4 atom stereocenters. The lowest BCUT2D eigenvalue weighted by Crippen LogP contribution is -2.47. The number of rotatable bonds is 2. The number of fused-ring (bicyclic) bond motifs is 3. The molecule has 1 N–H and O–H groups in total. The molecule has 4 unspecified atom stereocenters. The van der Waals surface area contributed by atoms with Crippen LogP contribution in [0.5, 0.6) is 0 Å². The van der Waals surface area contributed by atoms with Crippen molar-refractivity contribution in [1.82, 2.24) is 0 Å². The van der Waals surface area contributed by atoms with E-state index < -0.39 is 5.97 Å². The molecule has 0 heterocycles. The fraction of sp³-hybridized carbons (Fsp3) is 0.160. The van der Waals surface area contributed by atoms with Crippen molar-refractivity contribution in [3.63, 3.8) is 0 Å². The summed E-state index contributed by atoms with van der Waals surface area (Å²) in [5, 5.41) is 15.1. The highest BCUT2D eigenvalue weighted by Gasteiger charge is 2.57. The first-order chi connectivity index (χ1) is 13.3. The van der Waals surface area contributed by atoms with Gasteiger partial charge in [0.2, 0.25) is 0 Å². The minimum atomic E-state index is -0.686. The first-order valence-electron chi connectivity index (χ1n) is 9.48. The predicted octanol–water partition coefficient (Wildman–Crippen LogP) is 5.67. The van der Waals surface area contributed by atoms with E-state index in [1.807, 2.05) is 18.2 Å². The quantitative estimate of drug-likeness (QED) is 0.473. The summed E-state index contributed by atoms with van der Waals surface area (Å²) in [5.41, 5.74) is 3.66. The third-order valence-electron chi connectivity index (χ3n) is 6.69. The van der Waals surface area contributed by atoms with Crippen molar-refractivity contribution in [3.05, 3.63) is 95.6 Å². The van der Waals surface area contributed by atoms with Gasteiger partial charge in [-0.3, -0.25) is 4.79 Å². The zero-order valence-electron chi connectivity index (χ0n) is 14.7. The Hall–Kier alpha value is -3.13. The normalized spacial score (nSPS) is 25.3. The summed E-state index contributed by atoms with van der Waals surface area (Å²) in [6.45, 7) is 0. The second-order valence-corrected chi connectivity index (χ2v) is 7.81. The highest BCUT2D eigenvalue weighted by atomic mass is 16.4. The Bertz CT molecular complexity index is 1230. The summed E-state index contributed by atoms with van der Waals surface area (Å²) >= 11 is 0. The molecule has 2 heteroatoms. The minimum Gasteiger partial charge on any atom is -0.481 e. The maximum absolute atomic E-state index is 12.3. The lowest BCUT2D eigenvalue weighted by atomic mass is 9.48. The van der Waals surface area contributed by atoms with E-state index in [4.69, 9.17) is 0 Å². The molecule has 0 aromatic heterocycles. The van der Waals surface area contributed by atoms with Crippen molar-refractivity contribution in [2.75, 3.05) is 0 Å². The lowest BCUT2D eigenvalue weighted by molar-refractivity contribution is -0.148. The van der Waals surface area contributed by atoms with Crippen LogP contribution in [0.15, 0.2) is 78.9 Å². The standard InChI is InChI=1S/C25H18O2/c26-25(27)24-21(14-6-2-1-3-7-14)22-17-10-4-8-15-12-13-16-9-5-11-18(23(22)24)20(16)19(15)17/h1-13,21-24H,(H,26,27). The number of hydrogen-bond acceptors (Lipinski definition) is 1. The molecule has 0 spiro atoms. The second kappa shape index (κ2) is 5.20. The fourth-order valence-corrected chi connectivity index (χ4v) is 5.69. The Kier molecular flexibility index (Phi) is 2.88. The van der Waals surface area contributed by atoms with Gasteiger partial charge < -0.3 is 5.11 Å². The van der Waals surface area contributed by atoms with Gasteiger partial charge in [-0.2, -0.15) is 0 Å². The second-order valence-electron chi connectivity index (χ2n) is 7.81. The molecule has 130 valence electrons. The molecule has 0 bridgehead atoms. The molecule has 1 fully saturated rings. The number of hydrogen-bond donors (Lipinski definition) is 1. The van der Waals surface area contributed by atoms with Crippen LogP contribution in [0.2, 0.25) is 0 Å². The van der Waals surface area contributed by atoms with Gasteiger partial charge in [0, 0.05) is 11.8 Å². The van der Waals surface area contributed by atoms with Gasteiger partial charge in [-0.05, 0) is 44.2 Å². The van der Waals surface area contributed by atoms with Crippen molar-refractivity contribution in [2.45, 2.75) is 17.8 Å². The van der Waals surface area contributed by atoms with Crippen molar-refractivity contribution >= 4 is 27.5 Å². The summed E-state index contributed by atoms with van der Waals surface area (Å²) in [7, 11) is 0. The SMILES string of the molecule is O=C(O)C1C(c2ccccc2)C2c3cccc4ccc5cccc(c5c34)C12. The van der Waals surface area contributed by atoms with Gasteiger partial charge in [-0.25, -0.2) is 0 Å². The zero-order valence-corrected chi connectivity index (χ0v) is 14.7. The first-order valence-corrected chi connectivity index (χ1v) is 9.48. The largest absolute Gasteiger partial charge is 0.481 e. The maximum atomic E-state index is 12.3. The van der Waals surface area contributed by atoms with Gasteiger partial charge in [0.05, 0.1) is 5.92 Å². The van der Waals surface area contributed by atoms with Crippen LogP contribution in [0, 0.1) is 5.92 Å². The number of carbonyl (C=O) groups is 1. The predicted molar refractivity (Wildman–Crippen MR) is 107 cm³/mol. The zero-order chi connectivity index (χ0) is 18.1. The van der Waals surface area contributed by atoms with Gasteiger partial charge >= 0.3 is 5.97 Å². The molecular formula is C25H18O2. The lowest BCUT2D eigenvalue weighted by Gasteiger charge is -2.53. The molecule has 0 aliphatic heterocycles. The van der Waals surface area contributed by atoms with Crippen molar-refractivity contribution in [3.8, 4) is 0 Å². The fourth-order valence-electron chi connectivity index (χ4n) is 5.69. The third kappa shape index (κ3) is 1.83. The van der Waals surface area contributed by atoms with Crippen LogP contribution >= 0.6 is 0 Å². The first kappa shape index (κ1) is 15.0. The number of benzene rings is 4. The Balaban J connectivity index is 1.70. The molecule has 1 saturated carbocycles. The van der Waals surface area contributed by atoms with Crippen LogP contribution in [0.4, 0.5) is 0 Å². The topological polar surface area (TPSA) is 37.3 Å². The van der Waals surface area contributed by atoms with E-state index in [-0.39, 0.29) is 23.7 Å². The van der Waals surface area contributed by atoms with Gasteiger partial charge in [0.1, 0.15) is 0 Å². The summed E-state index contributed by atoms with van der Waals surface area (Å²) in [6.07, 6.45) is 0. The van der Waals surface area contributed by atoms with Crippen molar-refractivity contribution in [2.24, 2.45) is 5.92 Å². The van der Waals surface area contributed by atoms with E-state index in [0.717, 1.165) is 5.56 Å². The summed E-state index contributed by atoms with van der Waals surface area (Å²) in [6, 6.07) is 27.4. The molecule has 0 amide bonds. The van der Waals surface area contributed by atoms with Crippen LogP contribution in [0.3, 0.4) is 0 Å². The van der Waals surface area contributed by atoms with Gasteiger partial charge in [-0.15, -0.1) is 0 Å². The van der Waals surface area contributed by atoms with Crippen LogP contribution in [-0.4, -0.2) is 11.1 Å². The molecule has 4 aromatic rings. The highest BCUT2D eigenvalue weighted by molar-refractivity contribution is 6.13. The Morgan fingerprint density at radius 1 is 0.630 bits per heavy atom. The molecule has 2 aliphatic rings. The summed E-state index contributed by atoms with van der Waals surface area (Å²) in [4.78, 5) is 12.3. The van der Waals surface area contributed by atoms with E-state index in [2.05, 4.69) is 60.7 Å². The number of carboxylic acids is 1. The highest BCUT2D eigenvalue weighted by Crippen LogP contribution is 2.66. The van der Waals surface area contributed by atoms with Gasteiger partial charge in [0.25, 0.3) is 0 Å². The molecular weight excluding hydrogens is 332 g/mol. The Morgan fingerprint density at radius 3 is 1.81 bits per heavy atom. The van der Waals surface area contributed by atoms with E-state index in [1.165, 1.54) is 32.7 Å². The minimum absolute atomic E-state index is 0.0166. The summed E-state index contributed by atoms with van der Waals surface area (Å²) in [5.74, 6) is -0.794. The Morgan fingerprint density at radius 2 is 1.22 bits per heavy atom. The van der Waals surface area contributed by atoms with Gasteiger partial charge in [0.15, 0.2) is 0 Å². The Labute approximate surface area is 157 Å². The van der Waals surface area contributed by atoms with E-state index in [0.29, 0.717) is 0 Å². The molecule has 0 saturated heterocycles. The van der Waals surface area contributed by atoms with Crippen molar-refractivity contribution < 1.29 is 9.90 Å². The average Bonchev–Trinajstić information content (AvgIpc) is 2.67. The van der Waals surface area contributed by atoms with Crippen LogP contribution in [-0.2, 0) is 4.79 Å². The molecule has 2 nitrogen and oxygen atoms in total. The number of carboxylic acid groups (broad SMARTS) is 1. The van der Waals surface area contributed by atoms with E-state index in [1.54, 1.807) is 0 Å². The van der Waals surface area contributed by atoms with E-state index >= 15 is 0 Å². The van der Waals surface area contributed by atoms with Gasteiger partial charge in [-0.1, -0.05) is 78.9 Å². The van der Waals surface area contributed by atoms with Crippen LogP contribution < -0.4 is 0 Å². The molecule has 0 radical (unpaired) electrons. The maximum Gasteiger partial charge on any atom is 0.307 e.